The fraction of sp³-hybridized carbons (Fsp3) is 0.697. The van der Waals surface area contributed by atoms with Crippen LogP contribution in [0.3, 0.4) is 0 Å². The minimum absolute atomic E-state index is 0.0420. The first-order valence-electron chi connectivity index (χ1n) is 35.1. The number of quaternary nitrogens is 1. The first kappa shape index (κ1) is 81.6. The van der Waals surface area contributed by atoms with E-state index in [0.717, 1.165) is 96.3 Å². The van der Waals surface area contributed by atoms with Crippen LogP contribution in [0.4, 0.5) is 0 Å². The first-order chi connectivity index (χ1) is 41.5. The van der Waals surface area contributed by atoms with Gasteiger partial charge in [-0.05, 0) is 103 Å². The quantitative estimate of drug-likeness (QED) is 0.0243. The lowest BCUT2D eigenvalue weighted by Gasteiger charge is -2.25. The Balaban J connectivity index is 4.23. The maximum Gasteiger partial charge on any atom is 0.472 e. The number of hydrogen-bond donors (Lipinski definition) is 3. The molecular weight excluding hydrogens is 1070 g/mol. The van der Waals surface area contributed by atoms with Gasteiger partial charge < -0.3 is 19.8 Å². The van der Waals surface area contributed by atoms with Crippen LogP contribution < -0.4 is 5.32 Å². The number of aliphatic hydroxyl groups is 1. The maximum atomic E-state index is 13.0. The molecule has 9 heteroatoms. The molecule has 0 aromatic heterocycles. The van der Waals surface area contributed by atoms with Gasteiger partial charge in [0.2, 0.25) is 5.91 Å². The fourth-order valence-electron chi connectivity index (χ4n) is 9.70. The van der Waals surface area contributed by atoms with Crippen molar-refractivity contribution >= 4 is 13.7 Å². The Morgan fingerprint density at radius 1 is 0.412 bits per heavy atom. The Bertz CT molecular complexity index is 1850. The molecule has 1 amide bonds. The second-order valence-corrected chi connectivity index (χ2v) is 26.0. The Hall–Kier alpha value is -3.36. The first-order valence-corrected chi connectivity index (χ1v) is 36.6. The van der Waals surface area contributed by atoms with E-state index in [1.807, 2.05) is 27.2 Å². The van der Waals surface area contributed by atoms with Crippen molar-refractivity contribution in [2.24, 2.45) is 0 Å². The van der Waals surface area contributed by atoms with Crippen LogP contribution in [0, 0.1) is 0 Å². The van der Waals surface area contributed by atoms with E-state index in [-0.39, 0.29) is 19.1 Å². The summed E-state index contributed by atoms with van der Waals surface area (Å²) >= 11 is 0. The minimum Gasteiger partial charge on any atom is -0.387 e. The molecule has 3 N–H and O–H groups in total. The number of carbonyl (C=O) groups excluding carboxylic acids is 1. The van der Waals surface area contributed by atoms with E-state index < -0.39 is 20.0 Å². The molecule has 0 fully saturated rings. The van der Waals surface area contributed by atoms with Crippen LogP contribution in [0.5, 0.6) is 0 Å². The summed E-state index contributed by atoms with van der Waals surface area (Å²) in [6.45, 7) is 4.67. The van der Waals surface area contributed by atoms with Crippen molar-refractivity contribution in [2.75, 3.05) is 40.9 Å². The summed E-state index contributed by atoms with van der Waals surface area (Å²) in [5.41, 5.74) is 0. The van der Waals surface area contributed by atoms with E-state index in [9.17, 15) is 19.4 Å². The third-order valence-electron chi connectivity index (χ3n) is 15.1. The molecule has 0 aliphatic carbocycles. The van der Waals surface area contributed by atoms with Crippen molar-refractivity contribution in [3.63, 3.8) is 0 Å². The zero-order valence-corrected chi connectivity index (χ0v) is 56.7. The predicted molar refractivity (Wildman–Crippen MR) is 373 cm³/mol. The van der Waals surface area contributed by atoms with Gasteiger partial charge in [0.25, 0.3) is 0 Å². The van der Waals surface area contributed by atoms with E-state index in [1.54, 1.807) is 6.08 Å². The molecule has 0 aromatic carbocycles. The molecule has 85 heavy (non-hydrogen) atoms. The number of phosphoric acid groups is 1. The molecule has 0 bridgehead atoms. The van der Waals surface area contributed by atoms with E-state index in [1.165, 1.54) is 167 Å². The summed E-state index contributed by atoms with van der Waals surface area (Å²) in [6, 6.07) is -0.894. The Labute approximate surface area is 526 Å². The zero-order chi connectivity index (χ0) is 61.9. The lowest BCUT2D eigenvalue weighted by atomic mass is 10.0. The maximum absolute atomic E-state index is 13.0. The fourth-order valence-corrected chi connectivity index (χ4v) is 10.4. The molecule has 488 valence electrons. The molecule has 0 radical (unpaired) electrons. The van der Waals surface area contributed by atoms with Crippen molar-refractivity contribution in [2.45, 2.75) is 302 Å². The SMILES string of the molecule is CC/C=C\C/C=C\C/C=C\C/C=C\C/C=C\C/C=C\C/C=C\C/C=C\C/C=C\CCCCCC(=O)NC(COP(=O)(O)OCC[N+](C)(C)C)C(O)/C=C/CC/C=C/CCCCCCCCCCCCCCCCCCCCCCCCCCCC. The molecule has 0 aliphatic heterocycles. The van der Waals surface area contributed by atoms with Gasteiger partial charge in [-0.2, -0.15) is 0 Å². The van der Waals surface area contributed by atoms with Crippen LogP contribution in [0.15, 0.2) is 134 Å². The largest absolute Gasteiger partial charge is 0.472 e. The van der Waals surface area contributed by atoms with E-state index in [2.05, 4.69) is 141 Å². The average molecular weight is 1200 g/mol. The van der Waals surface area contributed by atoms with Crippen LogP contribution in [-0.4, -0.2) is 73.4 Å². The monoisotopic (exact) mass is 1200 g/mol. The van der Waals surface area contributed by atoms with Gasteiger partial charge in [-0.15, -0.1) is 0 Å². The van der Waals surface area contributed by atoms with Gasteiger partial charge in [-0.1, -0.05) is 314 Å². The molecular formula is C76H134N2O6P+. The number of aliphatic hydroxyl groups excluding tert-OH is 1. The normalized spacial score (nSPS) is 14.5. The molecule has 0 spiro atoms. The molecule has 0 saturated carbocycles. The van der Waals surface area contributed by atoms with Gasteiger partial charge in [0, 0.05) is 6.42 Å². The van der Waals surface area contributed by atoms with Crippen molar-refractivity contribution < 1.29 is 32.9 Å². The highest BCUT2D eigenvalue weighted by atomic mass is 31.2. The molecule has 0 aromatic rings. The highest BCUT2D eigenvalue weighted by Gasteiger charge is 2.28. The number of nitrogens with zero attached hydrogens (tertiary/aromatic N) is 1. The lowest BCUT2D eigenvalue weighted by molar-refractivity contribution is -0.870. The van der Waals surface area contributed by atoms with Gasteiger partial charge in [-0.3, -0.25) is 13.8 Å². The number of phosphoric ester groups is 1. The minimum atomic E-state index is -4.38. The van der Waals surface area contributed by atoms with Crippen LogP contribution in [-0.2, 0) is 18.4 Å². The standard InChI is InChI=1S/C76H133N2O6P/c1-6-8-10-12-14-16-18-20-22-24-26-28-30-32-34-36-38-40-41-43-45-47-49-51-53-55-57-59-61-63-65-67-69-75(79)74(73-84-85(81,82)83-72-71-78(3,4)5)77-76(80)70-68-66-64-62-60-58-56-54-52-50-48-46-44-42-39-37-35-33-31-29-27-25-23-21-19-17-15-13-11-9-7-2/h9,11,15,17,21,23,27,29,33,35,39,42,46,48,52,54,58-61,67,69,74-75,79H,6-8,10,12-14,16,18-20,22,24-26,28,30-32,34,36-38,40-41,43-45,47,49-51,53,55-57,62-66,68,70-73H2,1-5H3,(H-,77,80,81,82)/p+1/b11-9-,17-15-,23-21-,29-27-,35-33-,42-39-,48-46-,54-52-,60-58-,61-59+,69-67+. The number of hydrogen-bond acceptors (Lipinski definition) is 5. The summed E-state index contributed by atoms with van der Waals surface area (Å²) in [6.07, 6.45) is 98.9. The Kier molecular flexibility index (Phi) is 62.5. The van der Waals surface area contributed by atoms with Crippen molar-refractivity contribution in [3.05, 3.63) is 134 Å². The summed E-state index contributed by atoms with van der Waals surface area (Å²) in [4.78, 5) is 23.4. The average Bonchev–Trinajstić information content (AvgIpc) is 3.49. The molecule has 0 saturated heterocycles. The molecule has 0 heterocycles. The van der Waals surface area contributed by atoms with Crippen molar-refractivity contribution in [1.82, 2.24) is 5.32 Å². The molecule has 0 rings (SSSR count). The van der Waals surface area contributed by atoms with Crippen LogP contribution in [0.2, 0.25) is 0 Å². The second-order valence-electron chi connectivity index (χ2n) is 24.5. The number of unbranched alkanes of at least 4 members (excludes halogenated alkanes) is 30. The molecule has 0 aliphatic rings. The smallest absolute Gasteiger partial charge is 0.387 e. The number of carbonyl (C=O) groups is 1. The lowest BCUT2D eigenvalue weighted by Crippen LogP contribution is -2.45. The van der Waals surface area contributed by atoms with Crippen molar-refractivity contribution in [3.8, 4) is 0 Å². The second kappa shape index (κ2) is 65.1. The number of likely N-dealkylation sites (N-methyl/N-ethyl adjacent to an activating group) is 1. The number of allylic oxidation sites excluding steroid dienone is 21. The molecule has 3 atom stereocenters. The number of rotatable bonds is 63. The van der Waals surface area contributed by atoms with Crippen LogP contribution in [0.1, 0.15) is 290 Å². The molecule has 3 unspecified atom stereocenters. The van der Waals surface area contributed by atoms with Gasteiger partial charge in [0.05, 0.1) is 39.9 Å². The summed E-state index contributed by atoms with van der Waals surface area (Å²) in [7, 11) is 1.52. The third-order valence-corrected chi connectivity index (χ3v) is 16.1. The van der Waals surface area contributed by atoms with Gasteiger partial charge >= 0.3 is 7.82 Å². The summed E-state index contributed by atoms with van der Waals surface area (Å²) < 4.78 is 23.8. The summed E-state index contributed by atoms with van der Waals surface area (Å²) in [5.74, 6) is -0.221. The Morgan fingerprint density at radius 3 is 1.08 bits per heavy atom. The van der Waals surface area contributed by atoms with E-state index in [0.29, 0.717) is 23.9 Å². The van der Waals surface area contributed by atoms with E-state index >= 15 is 0 Å². The van der Waals surface area contributed by atoms with Crippen LogP contribution in [0.25, 0.3) is 0 Å². The van der Waals surface area contributed by atoms with Gasteiger partial charge in [0.1, 0.15) is 13.2 Å². The van der Waals surface area contributed by atoms with Crippen LogP contribution >= 0.6 is 7.82 Å². The highest BCUT2D eigenvalue weighted by Crippen LogP contribution is 2.43. The number of nitrogens with one attached hydrogen (secondary N) is 1. The predicted octanol–water partition coefficient (Wildman–Crippen LogP) is 22.6. The van der Waals surface area contributed by atoms with Gasteiger partial charge in [-0.25, -0.2) is 4.57 Å². The molecule has 8 nitrogen and oxygen atoms in total. The topological polar surface area (TPSA) is 105 Å². The zero-order valence-electron chi connectivity index (χ0n) is 55.8. The Morgan fingerprint density at radius 2 is 0.718 bits per heavy atom. The number of amides is 1. The highest BCUT2D eigenvalue weighted by molar-refractivity contribution is 7.47. The summed E-state index contributed by atoms with van der Waals surface area (Å²) in [5, 5.41) is 14.0. The van der Waals surface area contributed by atoms with E-state index in [4.69, 9.17) is 9.05 Å². The third kappa shape index (κ3) is 68.0. The van der Waals surface area contributed by atoms with Crippen molar-refractivity contribution in [1.29, 1.82) is 0 Å². The van der Waals surface area contributed by atoms with Gasteiger partial charge in [0.15, 0.2) is 0 Å².